The number of para-hydroxylation sites is 1. The Morgan fingerprint density at radius 2 is 2.13 bits per heavy atom. The Bertz CT molecular complexity index is 733. The molecule has 1 aliphatic rings. The lowest BCUT2D eigenvalue weighted by molar-refractivity contribution is 0.208. The Labute approximate surface area is 141 Å². The molecule has 2 aromatic rings. The first-order valence-electron chi connectivity index (χ1n) is 7.71. The number of carbonyl (C=O) groups is 1. The van der Waals surface area contributed by atoms with Crippen LogP contribution in [-0.4, -0.2) is 18.7 Å². The molecule has 0 bridgehead atoms. The number of benzene rings is 2. The number of halogens is 1. The van der Waals surface area contributed by atoms with Crippen LogP contribution in [0.1, 0.15) is 19.4 Å². The van der Waals surface area contributed by atoms with E-state index in [1.807, 2.05) is 31.2 Å². The first-order valence-corrected chi connectivity index (χ1v) is 8.09. The normalized spacial score (nSPS) is 16.5. The maximum absolute atomic E-state index is 12.8. The number of carbonyl (C=O) groups excluding carboxylic acids is 1. The molecular formula is C18H19ClN2O2. The van der Waals surface area contributed by atoms with Crippen molar-refractivity contribution < 1.29 is 9.53 Å². The van der Waals surface area contributed by atoms with Crippen LogP contribution in [0.4, 0.5) is 16.2 Å². The van der Waals surface area contributed by atoms with Gasteiger partial charge in [-0.15, -0.1) is 0 Å². The number of ether oxygens (including phenoxy) is 1. The number of nitrogens with zero attached hydrogens (tertiary/aromatic N) is 1. The molecule has 0 fully saturated rings. The molecule has 0 aromatic heterocycles. The molecule has 0 saturated carbocycles. The van der Waals surface area contributed by atoms with Crippen molar-refractivity contribution in [1.29, 1.82) is 0 Å². The molecule has 3 rings (SSSR count). The highest BCUT2D eigenvalue weighted by Crippen LogP contribution is 2.36. The van der Waals surface area contributed by atoms with Gasteiger partial charge in [-0.1, -0.05) is 36.7 Å². The van der Waals surface area contributed by atoms with Gasteiger partial charge < -0.3 is 10.1 Å². The van der Waals surface area contributed by atoms with E-state index in [1.165, 1.54) is 0 Å². The van der Waals surface area contributed by atoms with Crippen molar-refractivity contribution >= 4 is 29.0 Å². The van der Waals surface area contributed by atoms with Crippen molar-refractivity contribution in [2.45, 2.75) is 26.4 Å². The van der Waals surface area contributed by atoms with Crippen LogP contribution in [0.5, 0.6) is 5.75 Å². The average molecular weight is 331 g/mol. The van der Waals surface area contributed by atoms with E-state index in [0.717, 1.165) is 17.7 Å². The van der Waals surface area contributed by atoms with E-state index in [-0.39, 0.29) is 12.1 Å². The maximum Gasteiger partial charge on any atom is 0.326 e. The summed E-state index contributed by atoms with van der Waals surface area (Å²) in [5, 5.41) is 3.58. The lowest BCUT2D eigenvalue weighted by atomic mass is 10.1. The number of fused-ring (bicyclic) bond motifs is 1. The molecule has 0 unspecified atom stereocenters. The fourth-order valence-corrected chi connectivity index (χ4v) is 2.90. The predicted molar refractivity (Wildman–Crippen MR) is 93.7 cm³/mol. The molecule has 23 heavy (non-hydrogen) atoms. The lowest BCUT2D eigenvalue weighted by Gasteiger charge is -2.33. The largest absolute Gasteiger partial charge is 0.487 e. The number of hydrogen-bond acceptors (Lipinski definition) is 2. The van der Waals surface area contributed by atoms with Gasteiger partial charge in [0.25, 0.3) is 0 Å². The Morgan fingerprint density at radius 3 is 2.91 bits per heavy atom. The standard InChI is InChI=1S/C18H19ClN2O2/c1-3-13-6-4-5-7-15(13)20-18(22)21-11-12(2)23-17-9-8-14(19)10-16(17)21/h4-10,12H,3,11H2,1-2H3,(H,20,22)/t12-/m0/s1. The van der Waals surface area contributed by atoms with Crippen molar-refractivity contribution in [1.82, 2.24) is 0 Å². The van der Waals surface area contributed by atoms with Gasteiger partial charge in [-0.3, -0.25) is 4.90 Å². The molecule has 0 aliphatic carbocycles. The van der Waals surface area contributed by atoms with Gasteiger partial charge in [0, 0.05) is 10.7 Å². The molecule has 4 nitrogen and oxygen atoms in total. The van der Waals surface area contributed by atoms with Gasteiger partial charge in [0.2, 0.25) is 0 Å². The fourth-order valence-electron chi connectivity index (χ4n) is 2.74. The van der Waals surface area contributed by atoms with E-state index in [4.69, 9.17) is 16.3 Å². The lowest BCUT2D eigenvalue weighted by Crippen LogP contribution is -2.44. The summed E-state index contributed by atoms with van der Waals surface area (Å²) in [6.45, 7) is 4.49. The minimum atomic E-state index is -0.176. The predicted octanol–water partition coefficient (Wildman–Crippen LogP) is 4.72. The Kier molecular flexibility index (Phi) is 4.44. The van der Waals surface area contributed by atoms with Crippen LogP contribution in [0.25, 0.3) is 0 Å². The number of rotatable bonds is 2. The molecule has 0 radical (unpaired) electrons. The summed E-state index contributed by atoms with van der Waals surface area (Å²) in [7, 11) is 0. The van der Waals surface area contributed by atoms with E-state index in [1.54, 1.807) is 23.1 Å². The molecular weight excluding hydrogens is 312 g/mol. The Hall–Kier alpha value is -2.20. The highest BCUT2D eigenvalue weighted by atomic mass is 35.5. The van der Waals surface area contributed by atoms with Crippen LogP contribution in [-0.2, 0) is 6.42 Å². The Morgan fingerprint density at radius 1 is 1.35 bits per heavy atom. The van der Waals surface area contributed by atoms with Gasteiger partial charge in [-0.05, 0) is 43.2 Å². The van der Waals surface area contributed by atoms with E-state index in [0.29, 0.717) is 23.0 Å². The monoisotopic (exact) mass is 330 g/mol. The summed E-state index contributed by atoms with van der Waals surface area (Å²) in [5.41, 5.74) is 2.64. The number of amides is 2. The molecule has 0 spiro atoms. The quantitative estimate of drug-likeness (QED) is 0.865. The Balaban J connectivity index is 1.89. The van der Waals surface area contributed by atoms with Crippen molar-refractivity contribution in [3.05, 3.63) is 53.1 Å². The van der Waals surface area contributed by atoms with Crippen molar-refractivity contribution in [2.24, 2.45) is 0 Å². The highest BCUT2D eigenvalue weighted by Gasteiger charge is 2.28. The van der Waals surface area contributed by atoms with E-state index in [2.05, 4.69) is 12.2 Å². The first kappa shape index (κ1) is 15.7. The summed E-state index contributed by atoms with van der Waals surface area (Å²) in [4.78, 5) is 14.5. The highest BCUT2D eigenvalue weighted by molar-refractivity contribution is 6.31. The third kappa shape index (κ3) is 3.27. The summed E-state index contributed by atoms with van der Waals surface area (Å²) in [6, 6.07) is 13.0. The van der Waals surface area contributed by atoms with Crippen molar-refractivity contribution in [3.63, 3.8) is 0 Å². The summed E-state index contributed by atoms with van der Waals surface area (Å²) in [5.74, 6) is 0.673. The SMILES string of the molecule is CCc1ccccc1NC(=O)N1C[C@H](C)Oc2ccc(Cl)cc21. The average Bonchev–Trinajstić information content (AvgIpc) is 2.55. The van der Waals surface area contributed by atoms with Crippen molar-refractivity contribution in [3.8, 4) is 5.75 Å². The van der Waals surface area contributed by atoms with Crippen LogP contribution in [0, 0.1) is 0 Å². The van der Waals surface area contributed by atoms with Crippen LogP contribution in [0.2, 0.25) is 5.02 Å². The van der Waals surface area contributed by atoms with Crippen LogP contribution < -0.4 is 15.0 Å². The van der Waals surface area contributed by atoms with Crippen LogP contribution in [0.3, 0.4) is 0 Å². The molecule has 1 heterocycles. The van der Waals surface area contributed by atoms with Gasteiger partial charge in [0.1, 0.15) is 11.9 Å². The number of nitrogens with one attached hydrogen (secondary N) is 1. The number of urea groups is 1. The molecule has 0 saturated heterocycles. The molecule has 2 amide bonds. The summed E-state index contributed by atoms with van der Waals surface area (Å²) in [6.07, 6.45) is 0.786. The van der Waals surface area contributed by atoms with E-state index in [9.17, 15) is 4.79 Å². The minimum absolute atomic E-state index is 0.0733. The topological polar surface area (TPSA) is 41.6 Å². The first-order chi connectivity index (χ1) is 11.1. The molecule has 1 atom stereocenters. The second kappa shape index (κ2) is 6.50. The number of hydrogen-bond donors (Lipinski definition) is 1. The zero-order valence-corrected chi connectivity index (χ0v) is 13.9. The summed E-state index contributed by atoms with van der Waals surface area (Å²) < 4.78 is 5.78. The molecule has 1 aliphatic heterocycles. The van der Waals surface area contributed by atoms with Crippen LogP contribution in [0.15, 0.2) is 42.5 Å². The van der Waals surface area contributed by atoms with Gasteiger partial charge in [-0.25, -0.2) is 4.79 Å². The third-order valence-electron chi connectivity index (χ3n) is 3.86. The van der Waals surface area contributed by atoms with Crippen LogP contribution >= 0.6 is 11.6 Å². The molecule has 5 heteroatoms. The number of anilines is 2. The second-order valence-corrected chi connectivity index (χ2v) is 6.03. The van der Waals surface area contributed by atoms with Gasteiger partial charge in [0.05, 0.1) is 12.2 Å². The fraction of sp³-hybridized carbons (Fsp3) is 0.278. The zero-order chi connectivity index (χ0) is 16.4. The van der Waals surface area contributed by atoms with Gasteiger partial charge >= 0.3 is 6.03 Å². The van der Waals surface area contributed by atoms with E-state index >= 15 is 0 Å². The molecule has 120 valence electrons. The van der Waals surface area contributed by atoms with Crippen molar-refractivity contribution in [2.75, 3.05) is 16.8 Å². The minimum Gasteiger partial charge on any atom is -0.487 e. The third-order valence-corrected chi connectivity index (χ3v) is 4.10. The number of aryl methyl sites for hydroxylation is 1. The smallest absolute Gasteiger partial charge is 0.326 e. The van der Waals surface area contributed by atoms with Gasteiger partial charge in [0.15, 0.2) is 0 Å². The summed E-state index contributed by atoms with van der Waals surface area (Å²) >= 11 is 6.08. The van der Waals surface area contributed by atoms with E-state index < -0.39 is 0 Å². The second-order valence-electron chi connectivity index (χ2n) is 5.59. The molecule has 2 aromatic carbocycles. The zero-order valence-electron chi connectivity index (χ0n) is 13.2. The molecule has 1 N–H and O–H groups in total. The van der Waals surface area contributed by atoms with Gasteiger partial charge in [-0.2, -0.15) is 0 Å². The maximum atomic E-state index is 12.8.